The highest BCUT2D eigenvalue weighted by molar-refractivity contribution is 7.16. The molecule has 1 aromatic carbocycles. The molecular formula is C12H9Cl2FS. The van der Waals surface area contributed by atoms with E-state index in [0.29, 0.717) is 4.34 Å². The van der Waals surface area contributed by atoms with Crippen LogP contribution in [0.1, 0.15) is 21.4 Å². The molecule has 16 heavy (non-hydrogen) atoms. The van der Waals surface area contributed by atoms with Gasteiger partial charge in [-0.15, -0.1) is 22.9 Å². The van der Waals surface area contributed by atoms with Gasteiger partial charge in [0.05, 0.1) is 9.71 Å². The van der Waals surface area contributed by atoms with Crippen LogP contribution < -0.4 is 0 Å². The monoisotopic (exact) mass is 274 g/mol. The summed E-state index contributed by atoms with van der Waals surface area (Å²) in [5.41, 5.74) is 1.77. The number of hydrogen-bond donors (Lipinski definition) is 0. The number of hydrogen-bond acceptors (Lipinski definition) is 1. The van der Waals surface area contributed by atoms with E-state index in [-0.39, 0.29) is 11.2 Å². The van der Waals surface area contributed by atoms with Crippen LogP contribution >= 0.6 is 34.5 Å². The van der Waals surface area contributed by atoms with E-state index < -0.39 is 0 Å². The second kappa shape index (κ2) is 4.74. The van der Waals surface area contributed by atoms with Crippen LogP contribution in [0.5, 0.6) is 0 Å². The summed E-state index contributed by atoms with van der Waals surface area (Å²) >= 11 is 13.6. The minimum absolute atomic E-state index is 0.270. The standard InChI is InChI=1S/C12H9Cl2FS/c1-7-2-3-8(15)6-9(7)12(14)10-4-5-11(13)16-10/h2-6,12H,1H3. The third-order valence-corrected chi connectivity index (χ3v) is 4.25. The van der Waals surface area contributed by atoms with Gasteiger partial charge in [-0.3, -0.25) is 0 Å². The van der Waals surface area contributed by atoms with Gasteiger partial charge in [-0.05, 0) is 42.3 Å². The third-order valence-electron chi connectivity index (χ3n) is 2.36. The molecule has 0 N–H and O–H groups in total. The molecule has 1 heterocycles. The lowest BCUT2D eigenvalue weighted by atomic mass is 10.0. The van der Waals surface area contributed by atoms with Crippen LogP contribution in [0, 0.1) is 12.7 Å². The van der Waals surface area contributed by atoms with Gasteiger partial charge in [-0.2, -0.15) is 0 Å². The molecule has 84 valence electrons. The molecule has 0 aliphatic rings. The van der Waals surface area contributed by atoms with Crippen molar-refractivity contribution >= 4 is 34.5 Å². The molecule has 1 atom stereocenters. The highest BCUT2D eigenvalue weighted by Gasteiger charge is 2.15. The van der Waals surface area contributed by atoms with E-state index in [4.69, 9.17) is 23.2 Å². The van der Waals surface area contributed by atoms with Gasteiger partial charge in [0.1, 0.15) is 5.82 Å². The van der Waals surface area contributed by atoms with Crippen molar-refractivity contribution in [3.63, 3.8) is 0 Å². The number of thiophene rings is 1. The normalized spacial score (nSPS) is 12.8. The highest BCUT2D eigenvalue weighted by atomic mass is 35.5. The Labute approximate surface area is 108 Å². The van der Waals surface area contributed by atoms with E-state index >= 15 is 0 Å². The average molecular weight is 275 g/mol. The van der Waals surface area contributed by atoms with Gasteiger partial charge < -0.3 is 0 Å². The zero-order valence-corrected chi connectivity index (χ0v) is 10.8. The molecule has 0 radical (unpaired) electrons. The lowest BCUT2D eigenvalue weighted by molar-refractivity contribution is 0.625. The van der Waals surface area contributed by atoms with Gasteiger partial charge >= 0.3 is 0 Å². The van der Waals surface area contributed by atoms with E-state index in [0.717, 1.165) is 16.0 Å². The number of alkyl halides is 1. The molecule has 0 fully saturated rings. The van der Waals surface area contributed by atoms with Crippen LogP contribution in [0.2, 0.25) is 4.34 Å². The molecule has 4 heteroatoms. The van der Waals surface area contributed by atoms with Crippen LogP contribution in [-0.2, 0) is 0 Å². The molecule has 0 saturated heterocycles. The van der Waals surface area contributed by atoms with Crippen molar-refractivity contribution in [3.8, 4) is 0 Å². The van der Waals surface area contributed by atoms with Gasteiger partial charge in [0, 0.05) is 4.88 Å². The molecule has 0 saturated carbocycles. The van der Waals surface area contributed by atoms with Crippen LogP contribution in [0.3, 0.4) is 0 Å². The summed E-state index contributed by atoms with van der Waals surface area (Å²) in [5.74, 6) is -0.270. The number of aryl methyl sites for hydroxylation is 1. The molecule has 0 amide bonds. The van der Waals surface area contributed by atoms with Gasteiger partial charge in [0.2, 0.25) is 0 Å². The quantitative estimate of drug-likeness (QED) is 0.663. The fourth-order valence-electron chi connectivity index (χ4n) is 1.50. The van der Waals surface area contributed by atoms with E-state index in [2.05, 4.69) is 0 Å². The SMILES string of the molecule is Cc1ccc(F)cc1C(Cl)c1ccc(Cl)s1. The Morgan fingerprint density at radius 2 is 2.00 bits per heavy atom. The summed E-state index contributed by atoms with van der Waals surface area (Å²) in [4.78, 5) is 0.931. The van der Waals surface area contributed by atoms with E-state index in [9.17, 15) is 4.39 Å². The fraction of sp³-hybridized carbons (Fsp3) is 0.167. The van der Waals surface area contributed by atoms with Crippen molar-refractivity contribution in [3.05, 3.63) is 56.5 Å². The van der Waals surface area contributed by atoms with Crippen LogP contribution in [-0.4, -0.2) is 0 Å². The minimum atomic E-state index is -0.340. The minimum Gasteiger partial charge on any atom is -0.207 e. The number of halogens is 3. The van der Waals surface area contributed by atoms with Crippen LogP contribution in [0.4, 0.5) is 4.39 Å². The van der Waals surface area contributed by atoms with Crippen molar-refractivity contribution in [2.45, 2.75) is 12.3 Å². The van der Waals surface area contributed by atoms with E-state index in [1.54, 1.807) is 12.1 Å². The maximum absolute atomic E-state index is 13.1. The van der Waals surface area contributed by atoms with Crippen LogP contribution in [0.15, 0.2) is 30.3 Å². The zero-order chi connectivity index (χ0) is 11.7. The Morgan fingerprint density at radius 3 is 2.62 bits per heavy atom. The van der Waals surface area contributed by atoms with Gasteiger partial charge in [-0.25, -0.2) is 4.39 Å². The Bertz CT molecular complexity index is 507. The molecule has 1 aromatic heterocycles. The number of rotatable bonds is 2. The first-order chi connectivity index (χ1) is 7.58. The third kappa shape index (κ3) is 2.40. The van der Waals surface area contributed by atoms with Crippen molar-refractivity contribution in [1.29, 1.82) is 0 Å². The summed E-state index contributed by atoms with van der Waals surface area (Å²) in [6.45, 7) is 1.92. The first-order valence-electron chi connectivity index (χ1n) is 4.73. The second-order valence-electron chi connectivity index (χ2n) is 3.51. The molecule has 1 unspecified atom stereocenters. The Morgan fingerprint density at radius 1 is 1.25 bits per heavy atom. The summed E-state index contributed by atoms with van der Waals surface area (Å²) in [7, 11) is 0. The lowest BCUT2D eigenvalue weighted by Crippen LogP contribution is -1.95. The van der Waals surface area contributed by atoms with Crippen molar-refractivity contribution in [2.75, 3.05) is 0 Å². The number of benzene rings is 1. The maximum atomic E-state index is 13.1. The maximum Gasteiger partial charge on any atom is 0.123 e. The fourth-order valence-corrected chi connectivity index (χ4v) is 3.00. The lowest BCUT2D eigenvalue weighted by Gasteiger charge is -2.11. The summed E-state index contributed by atoms with van der Waals surface area (Å²) < 4.78 is 13.8. The first-order valence-corrected chi connectivity index (χ1v) is 6.36. The van der Waals surface area contributed by atoms with Crippen LogP contribution in [0.25, 0.3) is 0 Å². The highest BCUT2D eigenvalue weighted by Crippen LogP contribution is 2.36. The summed E-state index contributed by atoms with van der Waals surface area (Å²) in [5, 5.41) is -0.340. The smallest absolute Gasteiger partial charge is 0.123 e. The molecular weight excluding hydrogens is 266 g/mol. The predicted octanol–water partition coefficient (Wildman–Crippen LogP) is 5.18. The second-order valence-corrected chi connectivity index (χ2v) is 5.69. The Kier molecular flexibility index (Phi) is 3.53. The predicted molar refractivity (Wildman–Crippen MR) is 68.2 cm³/mol. The molecule has 0 aliphatic heterocycles. The average Bonchev–Trinajstić information content (AvgIpc) is 2.67. The Balaban J connectivity index is 2.40. The van der Waals surface area contributed by atoms with Gasteiger partial charge in [0.15, 0.2) is 0 Å². The van der Waals surface area contributed by atoms with Gasteiger partial charge in [0.25, 0.3) is 0 Å². The molecule has 0 nitrogen and oxygen atoms in total. The van der Waals surface area contributed by atoms with Gasteiger partial charge in [-0.1, -0.05) is 17.7 Å². The first kappa shape index (κ1) is 11.9. The Hall–Kier alpha value is -0.570. The zero-order valence-electron chi connectivity index (χ0n) is 8.51. The van der Waals surface area contributed by atoms with Crippen molar-refractivity contribution in [2.24, 2.45) is 0 Å². The molecule has 2 aromatic rings. The molecule has 0 bridgehead atoms. The molecule has 0 aliphatic carbocycles. The summed E-state index contributed by atoms with van der Waals surface area (Å²) in [6, 6.07) is 8.31. The molecule has 2 rings (SSSR count). The van der Waals surface area contributed by atoms with Crippen molar-refractivity contribution in [1.82, 2.24) is 0 Å². The summed E-state index contributed by atoms with van der Waals surface area (Å²) in [6.07, 6.45) is 0. The molecule has 0 spiro atoms. The van der Waals surface area contributed by atoms with E-state index in [1.807, 2.05) is 13.0 Å². The topological polar surface area (TPSA) is 0 Å². The largest absolute Gasteiger partial charge is 0.207 e. The van der Waals surface area contributed by atoms with E-state index in [1.165, 1.54) is 23.5 Å². The van der Waals surface area contributed by atoms with Crippen molar-refractivity contribution < 1.29 is 4.39 Å².